The molecule has 0 spiro atoms. The average Bonchev–Trinajstić information content (AvgIpc) is 3.15. The highest BCUT2D eigenvalue weighted by atomic mass is 16.5. The molecule has 0 aliphatic rings. The van der Waals surface area contributed by atoms with Crippen LogP contribution in [-0.4, -0.2) is 52.8 Å². The third kappa shape index (κ3) is 4.95. The summed E-state index contributed by atoms with van der Waals surface area (Å²) in [4.78, 5) is 47.9. The van der Waals surface area contributed by atoms with Crippen molar-refractivity contribution in [2.24, 2.45) is 0 Å². The number of hydrogen-bond acceptors (Lipinski definition) is 6. The molecule has 3 rings (SSSR count). The zero-order chi connectivity index (χ0) is 24.1. The first-order valence-corrected chi connectivity index (χ1v) is 10.4. The van der Waals surface area contributed by atoms with E-state index < -0.39 is 12.0 Å². The van der Waals surface area contributed by atoms with Crippen LogP contribution in [0.15, 0.2) is 48.7 Å². The number of Topliss-reactive ketones (excluding diaryl/α,β-unsaturated/α-hetero) is 1. The Morgan fingerprint density at radius 2 is 1.76 bits per heavy atom. The monoisotopic (exact) mass is 449 g/mol. The average molecular weight is 450 g/mol. The first kappa shape index (κ1) is 23.7. The highest BCUT2D eigenvalue weighted by molar-refractivity contribution is 6.07. The smallest absolute Gasteiger partial charge is 0.354 e. The van der Waals surface area contributed by atoms with Gasteiger partial charge in [-0.1, -0.05) is 6.07 Å². The van der Waals surface area contributed by atoms with Gasteiger partial charge >= 0.3 is 5.97 Å². The molecule has 8 nitrogen and oxygen atoms in total. The Labute approximate surface area is 192 Å². The number of hydrogen-bond donors (Lipinski definition) is 1. The van der Waals surface area contributed by atoms with Crippen molar-refractivity contribution in [2.75, 3.05) is 14.2 Å². The largest absolute Gasteiger partial charge is 0.497 e. The molecule has 0 aliphatic heterocycles. The van der Waals surface area contributed by atoms with E-state index in [0.29, 0.717) is 33.8 Å². The van der Waals surface area contributed by atoms with Crippen LogP contribution in [0.2, 0.25) is 0 Å². The molecule has 3 aromatic rings. The zero-order valence-corrected chi connectivity index (χ0v) is 19.3. The number of nitrogens with zero attached hydrogens (tertiary/aromatic N) is 2. The van der Waals surface area contributed by atoms with Gasteiger partial charge in [0.05, 0.1) is 32.5 Å². The number of ketones is 1. The molecular formula is C25H27N3O5. The van der Waals surface area contributed by atoms with Gasteiger partial charge in [0.2, 0.25) is 0 Å². The lowest BCUT2D eigenvalue weighted by Gasteiger charge is -2.28. The SMILES string of the molecule is COC(=O)c1[nH]c(C)c(C(=O)C(C)N(Cc2ccccn2)C(=O)c2ccc(OC)cc2)c1C. The van der Waals surface area contributed by atoms with Crippen LogP contribution >= 0.6 is 0 Å². The number of rotatable bonds is 8. The maximum absolute atomic E-state index is 13.6. The molecule has 1 atom stereocenters. The van der Waals surface area contributed by atoms with E-state index in [4.69, 9.17) is 9.47 Å². The fraction of sp³-hybridized carbons (Fsp3) is 0.280. The lowest BCUT2D eigenvalue weighted by Crippen LogP contribution is -2.43. The van der Waals surface area contributed by atoms with E-state index in [-0.39, 0.29) is 23.9 Å². The summed E-state index contributed by atoms with van der Waals surface area (Å²) < 4.78 is 9.98. The van der Waals surface area contributed by atoms with Gasteiger partial charge in [-0.3, -0.25) is 14.6 Å². The molecular weight excluding hydrogens is 422 g/mol. The van der Waals surface area contributed by atoms with Crippen LogP contribution in [0.4, 0.5) is 0 Å². The van der Waals surface area contributed by atoms with Gasteiger partial charge in [-0.15, -0.1) is 0 Å². The number of methoxy groups -OCH3 is 2. The van der Waals surface area contributed by atoms with Crippen LogP contribution in [0.3, 0.4) is 0 Å². The lowest BCUT2D eigenvalue weighted by molar-refractivity contribution is 0.0591. The first-order chi connectivity index (χ1) is 15.8. The molecule has 0 radical (unpaired) electrons. The molecule has 33 heavy (non-hydrogen) atoms. The Balaban J connectivity index is 1.99. The van der Waals surface area contributed by atoms with Crippen LogP contribution in [0, 0.1) is 13.8 Å². The third-order valence-electron chi connectivity index (χ3n) is 5.58. The number of H-pyrrole nitrogens is 1. The number of esters is 1. The van der Waals surface area contributed by atoms with E-state index in [1.165, 1.54) is 12.0 Å². The van der Waals surface area contributed by atoms with Gasteiger partial charge in [-0.05, 0) is 62.7 Å². The number of carbonyl (C=O) groups excluding carboxylic acids is 3. The number of pyridine rings is 1. The van der Waals surface area contributed by atoms with Gasteiger partial charge in [0.15, 0.2) is 5.78 Å². The predicted molar refractivity (Wildman–Crippen MR) is 123 cm³/mol. The van der Waals surface area contributed by atoms with Gasteiger partial charge in [0.1, 0.15) is 11.4 Å². The van der Waals surface area contributed by atoms with Crippen LogP contribution < -0.4 is 4.74 Å². The van der Waals surface area contributed by atoms with Crippen LogP contribution in [0.1, 0.15) is 55.1 Å². The minimum Gasteiger partial charge on any atom is -0.497 e. The molecule has 172 valence electrons. The Morgan fingerprint density at radius 3 is 2.33 bits per heavy atom. The molecule has 2 heterocycles. The molecule has 1 amide bonds. The number of aromatic nitrogens is 2. The maximum atomic E-state index is 13.6. The number of ether oxygens (including phenoxy) is 2. The van der Waals surface area contributed by atoms with Gasteiger partial charge in [-0.2, -0.15) is 0 Å². The highest BCUT2D eigenvalue weighted by Crippen LogP contribution is 2.24. The molecule has 0 saturated heterocycles. The summed E-state index contributed by atoms with van der Waals surface area (Å²) in [6.45, 7) is 5.22. The minimum absolute atomic E-state index is 0.144. The van der Waals surface area contributed by atoms with Crippen molar-refractivity contribution in [1.82, 2.24) is 14.9 Å². The summed E-state index contributed by atoms with van der Waals surface area (Å²) in [5.74, 6) is -0.528. The Morgan fingerprint density at radius 1 is 1.06 bits per heavy atom. The van der Waals surface area contributed by atoms with E-state index >= 15 is 0 Å². The number of aromatic amines is 1. The maximum Gasteiger partial charge on any atom is 0.354 e. The lowest BCUT2D eigenvalue weighted by atomic mass is 9.99. The van der Waals surface area contributed by atoms with E-state index in [2.05, 4.69) is 9.97 Å². The van der Waals surface area contributed by atoms with Crippen molar-refractivity contribution in [3.05, 3.63) is 82.4 Å². The Bertz CT molecular complexity index is 1150. The van der Waals surface area contributed by atoms with Gasteiger partial charge in [0, 0.05) is 23.0 Å². The number of benzene rings is 1. The third-order valence-corrected chi connectivity index (χ3v) is 5.58. The second kappa shape index (κ2) is 10.1. The standard InChI is InChI=1S/C25H27N3O5/c1-15-21(16(2)27-22(15)25(31)33-5)23(29)17(3)28(14-19-8-6-7-13-26-19)24(30)18-9-11-20(32-4)12-10-18/h6-13,17,27H,14H2,1-5H3. The van der Waals surface area contributed by atoms with Crippen molar-refractivity contribution in [3.63, 3.8) is 0 Å². The fourth-order valence-electron chi connectivity index (χ4n) is 3.73. The van der Waals surface area contributed by atoms with E-state index in [1.54, 1.807) is 70.5 Å². The molecule has 0 bridgehead atoms. The number of aryl methyl sites for hydroxylation is 1. The number of amides is 1. The second-order valence-electron chi connectivity index (χ2n) is 7.64. The molecule has 8 heteroatoms. The van der Waals surface area contributed by atoms with Gasteiger partial charge < -0.3 is 19.4 Å². The Hall–Kier alpha value is -3.94. The van der Waals surface area contributed by atoms with Gasteiger partial charge in [-0.25, -0.2) is 4.79 Å². The molecule has 0 saturated carbocycles. The number of carbonyl (C=O) groups is 3. The van der Waals surface area contributed by atoms with Gasteiger partial charge in [0.25, 0.3) is 5.91 Å². The summed E-state index contributed by atoms with van der Waals surface area (Å²) in [5.41, 5.74) is 2.70. The zero-order valence-electron chi connectivity index (χ0n) is 19.3. The fourth-order valence-corrected chi connectivity index (χ4v) is 3.73. The van der Waals surface area contributed by atoms with Crippen molar-refractivity contribution in [2.45, 2.75) is 33.4 Å². The molecule has 1 N–H and O–H groups in total. The van der Waals surface area contributed by atoms with E-state index in [1.807, 2.05) is 6.07 Å². The summed E-state index contributed by atoms with van der Waals surface area (Å²) >= 11 is 0. The summed E-state index contributed by atoms with van der Waals surface area (Å²) in [6.07, 6.45) is 1.64. The topological polar surface area (TPSA) is 102 Å². The van der Waals surface area contributed by atoms with Crippen LogP contribution in [-0.2, 0) is 11.3 Å². The number of nitrogens with one attached hydrogen (secondary N) is 1. The molecule has 2 aromatic heterocycles. The minimum atomic E-state index is -0.819. The van der Waals surface area contributed by atoms with Crippen molar-refractivity contribution in [3.8, 4) is 5.75 Å². The van der Waals surface area contributed by atoms with Crippen LogP contribution in [0.5, 0.6) is 5.75 Å². The molecule has 1 unspecified atom stereocenters. The summed E-state index contributed by atoms with van der Waals surface area (Å²) in [5, 5.41) is 0. The predicted octanol–water partition coefficient (Wildman–Crippen LogP) is 3.74. The summed E-state index contributed by atoms with van der Waals surface area (Å²) in [7, 11) is 2.83. The Kier molecular flexibility index (Phi) is 7.27. The van der Waals surface area contributed by atoms with Crippen molar-refractivity contribution < 1.29 is 23.9 Å². The highest BCUT2D eigenvalue weighted by Gasteiger charge is 2.32. The normalized spacial score (nSPS) is 11.5. The van der Waals surface area contributed by atoms with E-state index in [9.17, 15) is 14.4 Å². The molecule has 1 aromatic carbocycles. The van der Waals surface area contributed by atoms with E-state index in [0.717, 1.165) is 0 Å². The quantitative estimate of drug-likeness (QED) is 0.415. The van der Waals surface area contributed by atoms with Crippen molar-refractivity contribution >= 4 is 17.7 Å². The van der Waals surface area contributed by atoms with Crippen LogP contribution in [0.25, 0.3) is 0 Å². The summed E-state index contributed by atoms with van der Waals surface area (Å²) in [6, 6.07) is 11.3. The molecule has 0 aliphatic carbocycles. The first-order valence-electron chi connectivity index (χ1n) is 10.4. The molecule has 0 fully saturated rings. The van der Waals surface area contributed by atoms with Crippen molar-refractivity contribution in [1.29, 1.82) is 0 Å². The second-order valence-corrected chi connectivity index (χ2v) is 7.64.